The van der Waals surface area contributed by atoms with Crippen molar-refractivity contribution in [1.29, 1.82) is 0 Å². The lowest BCUT2D eigenvalue weighted by molar-refractivity contribution is 0.0788. The Balaban J connectivity index is 2.05. The summed E-state index contributed by atoms with van der Waals surface area (Å²) in [5, 5.41) is 3.83. The van der Waals surface area contributed by atoms with Crippen LogP contribution in [0.1, 0.15) is 20.1 Å². The lowest BCUT2D eigenvalue weighted by atomic mass is 10.3. The van der Waals surface area contributed by atoms with E-state index in [1.54, 1.807) is 36.5 Å². The van der Waals surface area contributed by atoms with Crippen LogP contribution in [-0.4, -0.2) is 31.5 Å². The van der Waals surface area contributed by atoms with Crippen molar-refractivity contribution in [3.8, 4) is 17.6 Å². The van der Waals surface area contributed by atoms with Crippen molar-refractivity contribution in [3.63, 3.8) is 0 Å². The quantitative estimate of drug-likeness (QED) is 0.880. The highest BCUT2D eigenvalue weighted by molar-refractivity contribution is 7.12. The minimum Gasteiger partial charge on any atom is -0.495 e. The van der Waals surface area contributed by atoms with E-state index in [0.717, 1.165) is 10.4 Å². The average Bonchev–Trinajstić information content (AvgIpc) is 3.12. The molecule has 2 aromatic heterocycles. The van der Waals surface area contributed by atoms with Gasteiger partial charge in [-0.2, -0.15) is 0 Å². The molecule has 0 aliphatic heterocycles. The first-order valence-corrected chi connectivity index (χ1v) is 8.05. The number of thiophene rings is 2. The maximum Gasteiger partial charge on any atom is 0.267 e. The van der Waals surface area contributed by atoms with Crippen LogP contribution in [0.2, 0.25) is 0 Å². The molecule has 2 aromatic rings. The van der Waals surface area contributed by atoms with E-state index >= 15 is 0 Å². The molecular weight excluding hydrogens is 304 g/mol. The fourth-order valence-electron chi connectivity index (χ4n) is 1.78. The zero-order valence-electron chi connectivity index (χ0n) is 11.9. The molecule has 0 aromatic carbocycles. The SMILES string of the molecule is COc1ccsc1C(=O)N(C)Cc1cc(C#CCN)cs1. The second-order valence-corrected chi connectivity index (χ2v) is 6.20. The lowest BCUT2D eigenvalue weighted by Gasteiger charge is -2.15. The standard InChI is InChI=1S/C15H16N2O2S2/c1-17(15(18)14-13(19-2)5-7-20-14)9-12-8-11(10-21-12)4-3-6-16/h5,7-8,10H,6,9,16H2,1-2H3. The van der Waals surface area contributed by atoms with Gasteiger partial charge >= 0.3 is 0 Å². The molecule has 0 spiro atoms. The van der Waals surface area contributed by atoms with Crippen LogP contribution in [0.4, 0.5) is 0 Å². The molecular formula is C15H16N2O2S2. The van der Waals surface area contributed by atoms with Gasteiger partial charge in [-0.25, -0.2) is 0 Å². The van der Waals surface area contributed by atoms with E-state index in [2.05, 4.69) is 11.8 Å². The summed E-state index contributed by atoms with van der Waals surface area (Å²) in [7, 11) is 3.35. The van der Waals surface area contributed by atoms with Crippen LogP contribution in [-0.2, 0) is 6.54 Å². The third-order valence-electron chi connectivity index (χ3n) is 2.77. The molecule has 2 rings (SSSR count). The van der Waals surface area contributed by atoms with E-state index in [1.807, 2.05) is 16.8 Å². The second kappa shape index (κ2) is 7.27. The Morgan fingerprint density at radius 2 is 2.29 bits per heavy atom. The van der Waals surface area contributed by atoms with Crippen LogP contribution in [0.15, 0.2) is 22.9 Å². The first-order valence-electron chi connectivity index (χ1n) is 6.29. The minimum atomic E-state index is -0.0372. The van der Waals surface area contributed by atoms with Crippen LogP contribution in [0.5, 0.6) is 5.75 Å². The minimum absolute atomic E-state index is 0.0372. The van der Waals surface area contributed by atoms with Crippen molar-refractivity contribution in [2.45, 2.75) is 6.54 Å². The van der Waals surface area contributed by atoms with Crippen LogP contribution < -0.4 is 10.5 Å². The fourth-order valence-corrected chi connectivity index (χ4v) is 3.50. The second-order valence-electron chi connectivity index (χ2n) is 4.29. The molecule has 0 saturated heterocycles. The normalized spacial score (nSPS) is 9.86. The molecule has 0 atom stereocenters. The average molecular weight is 320 g/mol. The van der Waals surface area contributed by atoms with Crippen molar-refractivity contribution >= 4 is 28.6 Å². The van der Waals surface area contributed by atoms with Gasteiger partial charge in [0.2, 0.25) is 0 Å². The first kappa shape index (κ1) is 15.6. The largest absolute Gasteiger partial charge is 0.495 e. The van der Waals surface area contributed by atoms with Gasteiger partial charge < -0.3 is 15.4 Å². The van der Waals surface area contributed by atoms with Gasteiger partial charge in [0.05, 0.1) is 20.2 Å². The summed E-state index contributed by atoms with van der Waals surface area (Å²) < 4.78 is 5.19. The highest BCUT2D eigenvalue weighted by Gasteiger charge is 2.18. The Kier molecular flexibility index (Phi) is 5.39. The molecule has 0 bridgehead atoms. The summed E-state index contributed by atoms with van der Waals surface area (Å²) in [6.45, 7) is 0.899. The fraction of sp³-hybridized carbons (Fsp3) is 0.267. The third-order valence-corrected chi connectivity index (χ3v) is 4.58. The Morgan fingerprint density at radius 1 is 1.48 bits per heavy atom. The van der Waals surface area contributed by atoms with Gasteiger partial charge in [-0.15, -0.1) is 22.7 Å². The Morgan fingerprint density at radius 3 is 3.00 bits per heavy atom. The number of ether oxygens (including phenoxy) is 1. The van der Waals surface area contributed by atoms with Crippen LogP contribution in [0.3, 0.4) is 0 Å². The number of methoxy groups -OCH3 is 1. The molecule has 21 heavy (non-hydrogen) atoms. The topological polar surface area (TPSA) is 55.6 Å². The number of hydrogen-bond donors (Lipinski definition) is 1. The van der Waals surface area contributed by atoms with E-state index in [4.69, 9.17) is 10.5 Å². The summed E-state index contributed by atoms with van der Waals surface area (Å²) in [6, 6.07) is 3.79. The van der Waals surface area contributed by atoms with Crippen molar-refractivity contribution in [3.05, 3.63) is 38.2 Å². The van der Waals surface area contributed by atoms with Crippen LogP contribution in [0.25, 0.3) is 0 Å². The maximum atomic E-state index is 12.4. The summed E-state index contributed by atoms with van der Waals surface area (Å²) in [5.41, 5.74) is 6.29. The van der Waals surface area contributed by atoms with E-state index in [1.165, 1.54) is 11.3 Å². The molecule has 2 heterocycles. The van der Waals surface area contributed by atoms with Gasteiger partial charge in [0.15, 0.2) is 0 Å². The van der Waals surface area contributed by atoms with E-state index < -0.39 is 0 Å². The van der Waals surface area contributed by atoms with E-state index in [0.29, 0.717) is 23.7 Å². The number of hydrogen-bond acceptors (Lipinski definition) is 5. The van der Waals surface area contributed by atoms with Crippen molar-refractivity contribution < 1.29 is 9.53 Å². The molecule has 4 nitrogen and oxygen atoms in total. The van der Waals surface area contributed by atoms with Crippen LogP contribution >= 0.6 is 22.7 Å². The van der Waals surface area contributed by atoms with Crippen molar-refractivity contribution in [2.24, 2.45) is 5.73 Å². The number of amides is 1. The number of nitrogens with zero attached hydrogens (tertiary/aromatic N) is 1. The van der Waals surface area contributed by atoms with Crippen molar-refractivity contribution in [2.75, 3.05) is 20.7 Å². The van der Waals surface area contributed by atoms with Gasteiger partial charge in [-0.3, -0.25) is 4.79 Å². The van der Waals surface area contributed by atoms with Gasteiger partial charge in [0, 0.05) is 22.9 Å². The van der Waals surface area contributed by atoms with Gasteiger partial charge in [0.25, 0.3) is 5.91 Å². The number of nitrogens with two attached hydrogens (primary N) is 1. The molecule has 2 N–H and O–H groups in total. The van der Waals surface area contributed by atoms with Gasteiger partial charge in [-0.1, -0.05) is 11.8 Å². The molecule has 0 radical (unpaired) electrons. The number of carbonyl (C=O) groups excluding carboxylic acids is 1. The predicted octanol–water partition coefficient (Wildman–Crippen LogP) is 2.40. The molecule has 0 unspecified atom stereocenters. The molecule has 1 amide bonds. The summed E-state index contributed by atoms with van der Waals surface area (Å²) >= 11 is 2.98. The maximum absolute atomic E-state index is 12.4. The van der Waals surface area contributed by atoms with E-state index in [-0.39, 0.29) is 5.91 Å². The summed E-state index contributed by atoms with van der Waals surface area (Å²) in [6.07, 6.45) is 0. The molecule has 0 aliphatic carbocycles. The molecule has 0 fully saturated rings. The first-order chi connectivity index (χ1) is 10.2. The summed E-state index contributed by atoms with van der Waals surface area (Å²) in [4.78, 5) is 15.8. The zero-order valence-corrected chi connectivity index (χ0v) is 13.5. The smallest absolute Gasteiger partial charge is 0.267 e. The number of rotatable bonds is 4. The van der Waals surface area contributed by atoms with Crippen molar-refractivity contribution in [1.82, 2.24) is 4.90 Å². The van der Waals surface area contributed by atoms with E-state index in [9.17, 15) is 4.79 Å². The number of carbonyl (C=O) groups is 1. The van der Waals surface area contributed by atoms with Gasteiger partial charge in [0.1, 0.15) is 10.6 Å². The molecule has 0 aliphatic rings. The third kappa shape index (κ3) is 3.85. The highest BCUT2D eigenvalue weighted by atomic mass is 32.1. The molecule has 110 valence electrons. The highest BCUT2D eigenvalue weighted by Crippen LogP contribution is 2.26. The predicted molar refractivity (Wildman–Crippen MR) is 86.9 cm³/mol. The molecule has 6 heteroatoms. The zero-order chi connectivity index (χ0) is 15.2. The molecule has 0 saturated carbocycles. The lowest BCUT2D eigenvalue weighted by Crippen LogP contribution is -2.25. The van der Waals surface area contributed by atoms with Crippen LogP contribution in [0, 0.1) is 11.8 Å². The Hall–Kier alpha value is -1.81. The Labute approximate surface area is 132 Å². The Bertz CT molecular complexity index is 679. The van der Waals surface area contributed by atoms with Gasteiger partial charge in [-0.05, 0) is 17.5 Å². The summed E-state index contributed by atoms with van der Waals surface area (Å²) in [5.74, 6) is 6.39. The monoisotopic (exact) mass is 320 g/mol.